The summed E-state index contributed by atoms with van der Waals surface area (Å²) in [5, 5.41) is 23.7. The molecule has 0 saturated heterocycles. The highest BCUT2D eigenvalue weighted by molar-refractivity contribution is 5.77. The molecule has 59 heavy (non-hydrogen) atoms. The van der Waals surface area contributed by atoms with Gasteiger partial charge in [0.1, 0.15) is 6.10 Å². The van der Waals surface area contributed by atoms with Gasteiger partial charge in [0.05, 0.1) is 25.2 Å². The fraction of sp³-hybridized carbons (Fsp3) is 0.736. The molecular weight excluding hydrogens is 731 g/mol. The molecule has 0 aromatic rings. The van der Waals surface area contributed by atoms with Gasteiger partial charge in [-0.3, -0.25) is 9.59 Å². The molecule has 6 nitrogen and oxygen atoms in total. The second kappa shape index (κ2) is 46.4. The largest absolute Gasteiger partial charge is 0.462 e. The summed E-state index contributed by atoms with van der Waals surface area (Å²) < 4.78 is 5.90. The third-order valence-corrected chi connectivity index (χ3v) is 10.8. The molecule has 3 unspecified atom stereocenters. The van der Waals surface area contributed by atoms with E-state index in [0.29, 0.717) is 19.3 Å². The van der Waals surface area contributed by atoms with E-state index in [1.54, 1.807) is 0 Å². The SMILES string of the molecule is CC/C=C/C/C=C/C/C=C/CCCCCCCCC(=O)OC(CCCC/C=C/C/C=C/C/C=C/CC)CC(=O)NC(CO)C(O)CCCCCCCCCCCCCC. The zero-order valence-electron chi connectivity index (χ0n) is 38.6. The molecule has 0 heterocycles. The summed E-state index contributed by atoms with van der Waals surface area (Å²) in [6.07, 6.45) is 58.2. The average molecular weight is 824 g/mol. The van der Waals surface area contributed by atoms with Crippen molar-refractivity contribution >= 4 is 11.9 Å². The third-order valence-electron chi connectivity index (χ3n) is 10.8. The number of esters is 1. The fourth-order valence-electron chi connectivity index (χ4n) is 7.11. The van der Waals surface area contributed by atoms with Gasteiger partial charge in [0, 0.05) is 6.42 Å². The molecule has 0 aliphatic carbocycles. The van der Waals surface area contributed by atoms with Crippen LogP contribution in [0.15, 0.2) is 72.9 Å². The predicted molar refractivity (Wildman–Crippen MR) is 255 cm³/mol. The lowest BCUT2D eigenvalue weighted by molar-refractivity contribution is -0.151. The predicted octanol–water partition coefficient (Wildman–Crippen LogP) is 14.6. The Kier molecular flexibility index (Phi) is 44.2. The van der Waals surface area contributed by atoms with E-state index in [2.05, 4.69) is 99.0 Å². The molecule has 0 aliphatic rings. The molecule has 0 bridgehead atoms. The Labute approximate surface area is 364 Å². The number of rotatable bonds is 43. The maximum atomic E-state index is 13.2. The van der Waals surface area contributed by atoms with Gasteiger partial charge < -0.3 is 20.3 Å². The summed E-state index contributed by atoms with van der Waals surface area (Å²) in [5.74, 6) is -0.531. The summed E-state index contributed by atoms with van der Waals surface area (Å²) in [7, 11) is 0. The molecule has 6 heteroatoms. The summed E-state index contributed by atoms with van der Waals surface area (Å²) in [6.45, 7) is 6.23. The smallest absolute Gasteiger partial charge is 0.306 e. The van der Waals surface area contributed by atoms with Crippen LogP contribution >= 0.6 is 0 Å². The summed E-state index contributed by atoms with van der Waals surface area (Å²) in [4.78, 5) is 26.1. The van der Waals surface area contributed by atoms with Crippen molar-refractivity contribution in [2.45, 2.75) is 244 Å². The topological polar surface area (TPSA) is 95.9 Å². The van der Waals surface area contributed by atoms with Crippen LogP contribution in [-0.2, 0) is 14.3 Å². The first-order valence-corrected chi connectivity index (χ1v) is 24.7. The molecule has 0 aliphatic heterocycles. The van der Waals surface area contributed by atoms with Crippen LogP contribution in [0.5, 0.6) is 0 Å². The van der Waals surface area contributed by atoms with Crippen LogP contribution in [0.1, 0.15) is 226 Å². The van der Waals surface area contributed by atoms with Crippen LogP contribution in [-0.4, -0.2) is 46.9 Å². The van der Waals surface area contributed by atoms with Crippen molar-refractivity contribution in [1.29, 1.82) is 0 Å². The van der Waals surface area contributed by atoms with Crippen molar-refractivity contribution in [1.82, 2.24) is 5.32 Å². The first-order valence-electron chi connectivity index (χ1n) is 24.7. The number of ether oxygens (including phenoxy) is 1. The van der Waals surface area contributed by atoms with Crippen LogP contribution in [0.3, 0.4) is 0 Å². The highest BCUT2D eigenvalue weighted by Crippen LogP contribution is 2.17. The number of nitrogens with one attached hydrogen (secondary N) is 1. The third kappa shape index (κ3) is 41.8. The molecule has 0 spiro atoms. The molecule has 0 saturated carbocycles. The zero-order chi connectivity index (χ0) is 43.1. The van der Waals surface area contributed by atoms with Crippen LogP contribution in [0.4, 0.5) is 0 Å². The van der Waals surface area contributed by atoms with E-state index in [-0.39, 0.29) is 24.9 Å². The fourth-order valence-corrected chi connectivity index (χ4v) is 7.11. The van der Waals surface area contributed by atoms with E-state index >= 15 is 0 Å². The minimum absolute atomic E-state index is 0.0434. The normalized spacial score (nSPS) is 13.9. The van der Waals surface area contributed by atoms with Crippen molar-refractivity contribution < 1.29 is 24.5 Å². The van der Waals surface area contributed by atoms with E-state index in [1.165, 1.54) is 77.0 Å². The molecule has 3 atom stereocenters. The molecular formula is C53H93NO5. The van der Waals surface area contributed by atoms with E-state index in [1.807, 2.05) is 0 Å². The molecule has 0 radical (unpaired) electrons. The van der Waals surface area contributed by atoms with Crippen LogP contribution in [0.2, 0.25) is 0 Å². The second-order valence-electron chi connectivity index (χ2n) is 16.4. The maximum Gasteiger partial charge on any atom is 0.306 e. The number of hydrogen-bond acceptors (Lipinski definition) is 5. The number of carbonyl (C=O) groups excluding carboxylic acids is 2. The first kappa shape index (κ1) is 56.3. The average Bonchev–Trinajstić information content (AvgIpc) is 3.23. The lowest BCUT2D eigenvalue weighted by Crippen LogP contribution is -2.46. The molecule has 0 aromatic carbocycles. The number of allylic oxidation sites excluding steroid dienone is 12. The Morgan fingerprint density at radius 2 is 0.915 bits per heavy atom. The second-order valence-corrected chi connectivity index (χ2v) is 16.4. The number of aliphatic hydroxyl groups is 2. The molecule has 0 fully saturated rings. The van der Waals surface area contributed by atoms with Gasteiger partial charge in [-0.2, -0.15) is 0 Å². The summed E-state index contributed by atoms with van der Waals surface area (Å²) in [6, 6.07) is -0.718. The highest BCUT2D eigenvalue weighted by Gasteiger charge is 2.24. The van der Waals surface area contributed by atoms with Crippen LogP contribution < -0.4 is 5.32 Å². The minimum Gasteiger partial charge on any atom is -0.462 e. The molecule has 340 valence electrons. The minimum atomic E-state index is -0.802. The van der Waals surface area contributed by atoms with Gasteiger partial charge in [-0.25, -0.2) is 0 Å². The van der Waals surface area contributed by atoms with Crippen molar-refractivity contribution in [2.75, 3.05) is 6.61 Å². The standard InChI is InChI=1S/C53H93NO5/c1-4-7-10-13-16-19-22-25-26-27-28-31-34-37-40-43-46-53(58)59-49(44-41-38-35-32-29-23-20-17-14-11-8-5-2)47-52(57)54-50(48-55)51(56)45-42-39-36-33-30-24-21-18-15-12-9-6-3/h7-8,10-11,16-17,19-20,25-26,29,32,49-51,55-56H,4-6,9,12-15,18,21-24,27-28,30-31,33-48H2,1-3H3,(H,54,57)/b10-7+,11-8+,19-16+,20-17+,26-25+,32-29+. The monoisotopic (exact) mass is 824 g/mol. The van der Waals surface area contributed by atoms with Crippen LogP contribution in [0, 0.1) is 0 Å². The van der Waals surface area contributed by atoms with Crippen LogP contribution in [0.25, 0.3) is 0 Å². The van der Waals surface area contributed by atoms with Gasteiger partial charge >= 0.3 is 5.97 Å². The van der Waals surface area contributed by atoms with Gasteiger partial charge in [0.15, 0.2) is 0 Å². The number of carbonyl (C=O) groups is 2. The van der Waals surface area contributed by atoms with E-state index < -0.39 is 18.2 Å². The van der Waals surface area contributed by atoms with Crippen molar-refractivity contribution in [2.24, 2.45) is 0 Å². The first-order chi connectivity index (χ1) is 29.0. The summed E-state index contributed by atoms with van der Waals surface area (Å²) in [5.41, 5.74) is 0. The van der Waals surface area contributed by atoms with Gasteiger partial charge in [-0.15, -0.1) is 0 Å². The Morgan fingerprint density at radius 3 is 1.41 bits per heavy atom. The number of hydrogen-bond donors (Lipinski definition) is 3. The number of unbranched alkanes of at least 4 members (excludes halogenated alkanes) is 19. The lowest BCUT2D eigenvalue weighted by Gasteiger charge is -2.24. The Balaban J connectivity index is 4.64. The van der Waals surface area contributed by atoms with Crippen molar-refractivity contribution in [3.05, 3.63) is 72.9 Å². The van der Waals surface area contributed by atoms with Crippen molar-refractivity contribution in [3.63, 3.8) is 0 Å². The molecule has 0 aromatic heterocycles. The molecule has 1 amide bonds. The zero-order valence-corrected chi connectivity index (χ0v) is 38.6. The van der Waals surface area contributed by atoms with Gasteiger partial charge in [0.25, 0.3) is 0 Å². The van der Waals surface area contributed by atoms with Gasteiger partial charge in [-0.1, -0.05) is 196 Å². The Morgan fingerprint density at radius 1 is 0.508 bits per heavy atom. The number of aliphatic hydroxyl groups excluding tert-OH is 2. The Bertz CT molecular complexity index is 1110. The van der Waals surface area contributed by atoms with E-state index in [0.717, 1.165) is 103 Å². The molecule has 0 rings (SSSR count). The van der Waals surface area contributed by atoms with E-state index in [4.69, 9.17) is 4.74 Å². The maximum absolute atomic E-state index is 13.2. The van der Waals surface area contributed by atoms with E-state index in [9.17, 15) is 19.8 Å². The number of amides is 1. The van der Waals surface area contributed by atoms with Crippen molar-refractivity contribution in [3.8, 4) is 0 Å². The highest BCUT2D eigenvalue weighted by atomic mass is 16.5. The lowest BCUT2D eigenvalue weighted by atomic mass is 10.0. The quantitative estimate of drug-likeness (QED) is 0.0323. The van der Waals surface area contributed by atoms with Gasteiger partial charge in [0.2, 0.25) is 5.91 Å². The Hall–Kier alpha value is -2.70. The van der Waals surface area contributed by atoms with Gasteiger partial charge in [-0.05, 0) is 89.9 Å². The summed E-state index contributed by atoms with van der Waals surface area (Å²) >= 11 is 0. The molecule has 3 N–H and O–H groups in total.